The average Bonchev–Trinajstić information content (AvgIpc) is 2.12. The third kappa shape index (κ3) is 1.15. The molecule has 1 heterocycles. The SMILES string of the molecule is N=C(N)C1CCSC1. The summed E-state index contributed by atoms with van der Waals surface area (Å²) in [6, 6.07) is 0. The number of hydrogen-bond donors (Lipinski definition) is 2. The van der Waals surface area contributed by atoms with Gasteiger partial charge >= 0.3 is 0 Å². The second-order valence-electron chi connectivity index (χ2n) is 2.02. The van der Waals surface area contributed by atoms with Crippen molar-refractivity contribution in [1.29, 1.82) is 5.41 Å². The van der Waals surface area contributed by atoms with Crippen molar-refractivity contribution in [3.05, 3.63) is 0 Å². The quantitative estimate of drug-likeness (QED) is 0.405. The van der Waals surface area contributed by atoms with Crippen LogP contribution in [-0.4, -0.2) is 17.3 Å². The summed E-state index contributed by atoms with van der Waals surface area (Å²) in [6.07, 6.45) is 1.11. The predicted octanol–water partition coefficient (Wildman–Crippen LogP) is 0.675. The van der Waals surface area contributed by atoms with Crippen LogP contribution in [0, 0.1) is 11.3 Å². The minimum Gasteiger partial charge on any atom is -0.387 e. The summed E-state index contributed by atoms with van der Waals surface area (Å²) in [5, 5.41) is 7.06. The van der Waals surface area contributed by atoms with Crippen LogP contribution in [0.1, 0.15) is 6.42 Å². The molecule has 3 N–H and O–H groups in total. The van der Waals surface area contributed by atoms with Gasteiger partial charge in [-0.2, -0.15) is 11.8 Å². The Morgan fingerprint density at radius 1 is 1.75 bits per heavy atom. The first-order chi connectivity index (χ1) is 3.80. The van der Waals surface area contributed by atoms with Crippen molar-refractivity contribution in [2.24, 2.45) is 11.7 Å². The maximum Gasteiger partial charge on any atom is 0.0945 e. The van der Waals surface area contributed by atoms with Gasteiger partial charge in [0.15, 0.2) is 0 Å². The monoisotopic (exact) mass is 130 g/mol. The van der Waals surface area contributed by atoms with Gasteiger partial charge in [0.2, 0.25) is 0 Å². The molecule has 1 aliphatic rings. The minimum absolute atomic E-state index is 0.370. The van der Waals surface area contributed by atoms with Crippen LogP contribution in [-0.2, 0) is 0 Å². The maximum absolute atomic E-state index is 7.06. The fourth-order valence-corrected chi connectivity index (χ4v) is 2.03. The highest BCUT2D eigenvalue weighted by molar-refractivity contribution is 7.99. The summed E-state index contributed by atoms with van der Waals surface area (Å²) in [6.45, 7) is 0. The third-order valence-electron chi connectivity index (χ3n) is 1.37. The molecule has 0 radical (unpaired) electrons. The second kappa shape index (κ2) is 2.40. The molecule has 0 spiro atoms. The molecule has 1 atom stereocenters. The summed E-state index contributed by atoms with van der Waals surface area (Å²) in [5.74, 6) is 3.01. The van der Waals surface area contributed by atoms with Gasteiger partial charge in [-0.15, -0.1) is 0 Å². The van der Waals surface area contributed by atoms with Gasteiger partial charge in [-0.1, -0.05) is 0 Å². The van der Waals surface area contributed by atoms with Crippen LogP contribution in [0.2, 0.25) is 0 Å². The summed E-state index contributed by atoms with van der Waals surface area (Å²) in [4.78, 5) is 0. The number of amidine groups is 1. The number of nitrogens with one attached hydrogen (secondary N) is 1. The average molecular weight is 130 g/mol. The molecule has 0 saturated carbocycles. The van der Waals surface area contributed by atoms with Crippen LogP contribution in [0.25, 0.3) is 0 Å². The molecule has 0 bridgehead atoms. The lowest BCUT2D eigenvalue weighted by atomic mass is 10.1. The molecule has 0 aliphatic carbocycles. The second-order valence-corrected chi connectivity index (χ2v) is 3.17. The van der Waals surface area contributed by atoms with Crippen molar-refractivity contribution in [2.45, 2.75) is 6.42 Å². The van der Waals surface area contributed by atoms with Crippen LogP contribution in [0.15, 0.2) is 0 Å². The smallest absolute Gasteiger partial charge is 0.0945 e. The first-order valence-electron chi connectivity index (χ1n) is 2.72. The van der Waals surface area contributed by atoms with Crippen molar-refractivity contribution in [3.63, 3.8) is 0 Å². The Hall–Kier alpha value is -0.180. The molecule has 1 saturated heterocycles. The number of nitrogens with two attached hydrogens (primary N) is 1. The third-order valence-corrected chi connectivity index (χ3v) is 2.53. The zero-order valence-electron chi connectivity index (χ0n) is 4.68. The fourth-order valence-electron chi connectivity index (χ4n) is 0.780. The zero-order chi connectivity index (χ0) is 5.98. The maximum atomic E-state index is 7.06. The van der Waals surface area contributed by atoms with Crippen LogP contribution >= 0.6 is 11.8 Å². The van der Waals surface area contributed by atoms with Crippen LogP contribution in [0.5, 0.6) is 0 Å². The number of hydrogen-bond acceptors (Lipinski definition) is 2. The molecule has 0 aromatic rings. The molecule has 2 nitrogen and oxygen atoms in total. The van der Waals surface area contributed by atoms with Crippen molar-refractivity contribution >= 4 is 17.6 Å². The summed E-state index contributed by atoms with van der Waals surface area (Å²) < 4.78 is 0. The van der Waals surface area contributed by atoms with E-state index in [0.29, 0.717) is 11.8 Å². The van der Waals surface area contributed by atoms with Gasteiger partial charge < -0.3 is 5.73 Å². The molecule has 46 valence electrons. The van der Waals surface area contributed by atoms with E-state index in [9.17, 15) is 0 Å². The lowest BCUT2D eigenvalue weighted by Crippen LogP contribution is -2.21. The molecule has 8 heavy (non-hydrogen) atoms. The Morgan fingerprint density at radius 2 is 2.50 bits per heavy atom. The topological polar surface area (TPSA) is 49.9 Å². The van der Waals surface area contributed by atoms with E-state index >= 15 is 0 Å². The molecular weight excluding hydrogens is 120 g/mol. The van der Waals surface area contributed by atoms with E-state index in [1.165, 1.54) is 5.75 Å². The van der Waals surface area contributed by atoms with E-state index in [0.717, 1.165) is 12.2 Å². The van der Waals surface area contributed by atoms with Gasteiger partial charge in [0, 0.05) is 11.7 Å². The summed E-state index contributed by atoms with van der Waals surface area (Å²) in [5.41, 5.74) is 5.27. The van der Waals surface area contributed by atoms with E-state index < -0.39 is 0 Å². The Kier molecular flexibility index (Phi) is 1.78. The first kappa shape index (κ1) is 5.95. The van der Waals surface area contributed by atoms with Crippen LogP contribution < -0.4 is 5.73 Å². The molecule has 1 aliphatic heterocycles. The van der Waals surface area contributed by atoms with Crippen molar-refractivity contribution in [2.75, 3.05) is 11.5 Å². The summed E-state index contributed by atoms with van der Waals surface area (Å²) in [7, 11) is 0. The minimum atomic E-state index is 0.370. The fraction of sp³-hybridized carbons (Fsp3) is 0.800. The normalized spacial score (nSPS) is 28.2. The molecule has 1 fully saturated rings. The lowest BCUT2D eigenvalue weighted by Gasteiger charge is -2.01. The molecule has 0 aromatic heterocycles. The molecule has 3 heteroatoms. The molecule has 0 amide bonds. The molecule has 0 aromatic carbocycles. The molecule has 1 unspecified atom stereocenters. The first-order valence-corrected chi connectivity index (χ1v) is 3.88. The van der Waals surface area contributed by atoms with Gasteiger partial charge in [-0.3, -0.25) is 5.41 Å². The number of rotatable bonds is 1. The van der Waals surface area contributed by atoms with Gasteiger partial charge in [-0.05, 0) is 12.2 Å². The van der Waals surface area contributed by atoms with E-state index in [4.69, 9.17) is 11.1 Å². The van der Waals surface area contributed by atoms with E-state index in [2.05, 4.69) is 0 Å². The van der Waals surface area contributed by atoms with E-state index in [1.54, 1.807) is 0 Å². The van der Waals surface area contributed by atoms with E-state index in [1.807, 2.05) is 11.8 Å². The highest BCUT2D eigenvalue weighted by atomic mass is 32.2. The van der Waals surface area contributed by atoms with Gasteiger partial charge in [0.05, 0.1) is 5.84 Å². The van der Waals surface area contributed by atoms with E-state index in [-0.39, 0.29) is 0 Å². The van der Waals surface area contributed by atoms with Crippen molar-refractivity contribution in [1.82, 2.24) is 0 Å². The Balaban J connectivity index is 2.35. The summed E-state index contributed by atoms with van der Waals surface area (Å²) >= 11 is 1.89. The lowest BCUT2D eigenvalue weighted by molar-refractivity contribution is 0.778. The Labute approximate surface area is 53.3 Å². The van der Waals surface area contributed by atoms with Crippen molar-refractivity contribution in [3.8, 4) is 0 Å². The van der Waals surface area contributed by atoms with Crippen LogP contribution in [0.4, 0.5) is 0 Å². The van der Waals surface area contributed by atoms with Gasteiger partial charge in [0.1, 0.15) is 0 Å². The van der Waals surface area contributed by atoms with Gasteiger partial charge in [-0.25, -0.2) is 0 Å². The zero-order valence-corrected chi connectivity index (χ0v) is 5.50. The largest absolute Gasteiger partial charge is 0.387 e. The van der Waals surface area contributed by atoms with Gasteiger partial charge in [0.25, 0.3) is 0 Å². The predicted molar refractivity (Wildman–Crippen MR) is 37.3 cm³/mol. The van der Waals surface area contributed by atoms with Crippen LogP contribution in [0.3, 0.4) is 0 Å². The Morgan fingerprint density at radius 3 is 2.75 bits per heavy atom. The highest BCUT2D eigenvalue weighted by Gasteiger charge is 2.17. The molecular formula is C5H10N2S. The highest BCUT2D eigenvalue weighted by Crippen LogP contribution is 2.22. The number of thioether (sulfide) groups is 1. The standard InChI is InChI=1S/C5H10N2S/c6-5(7)4-1-2-8-3-4/h4H,1-3H2,(H3,6,7). The molecule has 1 rings (SSSR count). The Bertz CT molecular complexity index is 96.6. The van der Waals surface area contributed by atoms with Crippen molar-refractivity contribution < 1.29 is 0 Å².